The number of hydrogen-bond acceptors (Lipinski definition) is 1. The summed E-state index contributed by atoms with van der Waals surface area (Å²) in [7, 11) is 0. The van der Waals surface area contributed by atoms with Crippen molar-refractivity contribution in [2.24, 2.45) is 0 Å². The summed E-state index contributed by atoms with van der Waals surface area (Å²) in [5, 5.41) is 0. The summed E-state index contributed by atoms with van der Waals surface area (Å²) in [5.74, 6) is -18.8. The molecule has 0 aromatic carbocycles. The molecule has 10 heteroatoms. The van der Waals surface area contributed by atoms with E-state index in [-0.39, 0.29) is 6.61 Å². The Labute approximate surface area is 94.9 Å². The number of hydrogen-bond donors (Lipinski definition) is 0. The van der Waals surface area contributed by atoms with Gasteiger partial charge in [0.1, 0.15) is 0 Å². The van der Waals surface area contributed by atoms with Crippen molar-refractivity contribution in [3.05, 3.63) is 0 Å². The summed E-state index contributed by atoms with van der Waals surface area (Å²) < 4.78 is 115. The molecule has 18 heavy (non-hydrogen) atoms. The van der Waals surface area contributed by atoms with Crippen molar-refractivity contribution in [3.63, 3.8) is 0 Å². The van der Waals surface area contributed by atoms with Crippen molar-refractivity contribution in [2.75, 3.05) is 6.61 Å². The van der Waals surface area contributed by atoms with Gasteiger partial charge in [-0.15, -0.1) is 0 Å². The van der Waals surface area contributed by atoms with Gasteiger partial charge in [-0.25, -0.2) is 0 Å². The fourth-order valence-corrected chi connectivity index (χ4v) is 1.14. The van der Waals surface area contributed by atoms with Gasteiger partial charge in [0.05, 0.1) is 12.7 Å². The Morgan fingerprint density at radius 2 is 1.28 bits per heavy atom. The smallest absolute Gasteiger partial charge is 0.373 e. The van der Waals surface area contributed by atoms with Gasteiger partial charge in [0.15, 0.2) is 0 Å². The first-order valence-corrected chi connectivity index (χ1v) is 4.65. The van der Waals surface area contributed by atoms with Crippen molar-refractivity contribution in [2.45, 2.75) is 42.9 Å². The molecule has 1 fully saturated rings. The first kappa shape index (κ1) is 15.4. The van der Waals surface area contributed by atoms with Crippen LogP contribution < -0.4 is 0 Å². The van der Waals surface area contributed by atoms with Crippen LogP contribution in [0.4, 0.5) is 39.5 Å². The highest BCUT2D eigenvalue weighted by Crippen LogP contribution is 2.54. The van der Waals surface area contributed by atoms with E-state index in [2.05, 4.69) is 4.74 Å². The van der Waals surface area contributed by atoms with Crippen LogP contribution in [0.2, 0.25) is 0 Å². The van der Waals surface area contributed by atoms with Gasteiger partial charge in [-0.3, -0.25) is 0 Å². The molecule has 108 valence electrons. The Hall–Kier alpha value is -0.670. The molecule has 1 aliphatic rings. The normalized spacial score (nSPS) is 22.2. The van der Waals surface area contributed by atoms with Crippen molar-refractivity contribution in [1.29, 1.82) is 0 Å². The summed E-state index contributed by atoms with van der Waals surface area (Å²) in [6.07, 6.45) is -10.1. The minimum atomic E-state index is -6.80. The molecular weight excluding hydrogens is 283 g/mol. The first-order valence-electron chi connectivity index (χ1n) is 4.65. The van der Waals surface area contributed by atoms with Gasteiger partial charge in [-0.2, -0.15) is 39.5 Å². The van der Waals surface area contributed by atoms with Crippen molar-refractivity contribution < 1.29 is 44.3 Å². The number of epoxide rings is 1. The van der Waals surface area contributed by atoms with E-state index < -0.39 is 42.9 Å². The third-order valence-corrected chi connectivity index (χ3v) is 2.39. The van der Waals surface area contributed by atoms with Crippen LogP contribution in [0.3, 0.4) is 0 Å². The van der Waals surface area contributed by atoms with Crippen LogP contribution in [-0.2, 0) is 4.74 Å². The lowest BCUT2D eigenvalue weighted by Gasteiger charge is -2.33. The zero-order chi connectivity index (χ0) is 14.4. The van der Waals surface area contributed by atoms with Gasteiger partial charge in [0.2, 0.25) is 0 Å². The quantitative estimate of drug-likeness (QED) is 0.556. The summed E-state index contributed by atoms with van der Waals surface area (Å²) in [4.78, 5) is 0. The van der Waals surface area contributed by atoms with E-state index >= 15 is 0 Å². The molecule has 0 aromatic heterocycles. The molecule has 0 radical (unpaired) electrons. The van der Waals surface area contributed by atoms with Gasteiger partial charge >= 0.3 is 23.9 Å². The van der Waals surface area contributed by atoms with E-state index in [0.717, 1.165) is 0 Å². The fraction of sp³-hybridized carbons (Fsp3) is 1.00. The molecular formula is C8H7F9O. The lowest BCUT2D eigenvalue weighted by Crippen LogP contribution is -2.60. The van der Waals surface area contributed by atoms with Crippen LogP contribution in [0.1, 0.15) is 12.8 Å². The predicted molar refractivity (Wildman–Crippen MR) is 39.9 cm³/mol. The molecule has 1 atom stereocenters. The van der Waals surface area contributed by atoms with Crippen molar-refractivity contribution in [1.82, 2.24) is 0 Å². The lowest BCUT2D eigenvalue weighted by atomic mass is 9.99. The maximum Gasteiger partial charge on any atom is 0.460 e. The Bertz CT molecular complexity index is 304. The molecule has 1 aliphatic heterocycles. The van der Waals surface area contributed by atoms with E-state index in [1.807, 2.05) is 0 Å². The van der Waals surface area contributed by atoms with E-state index in [0.29, 0.717) is 0 Å². The highest BCUT2D eigenvalue weighted by Gasteiger charge is 2.81. The topological polar surface area (TPSA) is 12.5 Å². The van der Waals surface area contributed by atoms with Gasteiger partial charge in [0.25, 0.3) is 0 Å². The SMILES string of the molecule is FC(F)(F)C(F)(F)C(F)(F)C(F)(F)CCC1CO1. The molecule has 0 spiro atoms. The highest BCUT2D eigenvalue weighted by molar-refractivity contribution is 5.00. The summed E-state index contributed by atoms with van der Waals surface area (Å²) in [6, 6.07) is 0. The van der Waals surface area contributed by atoms with Gasteiger partial charge < -0.3 is 4.74 Å². The van der Waals surface area contributed by atoms with Crippen LogP contribution in [-0.4, -0.2) is 36.7 Å². The molecule has 1 nitrogen and oxygen atoms in total. The Kier molecular flexibility index (Phi) is 3.57. The van der Waals surface area contributed by atoms with Gasteiger partial charge in [-0.1, -0.05) is 0 Å². The van der Waals surface area contributed by atoms with E-state index in [9.17, 15) is 39.5 Å². The average Bonchev–Trinajstić information content (AvgIpc) is 2.95. The largest absolute Gasteiger partial charge is 0.460 e. The zero-order valence-corrected chi connectivity index (χ0v) is 8.51. The number of halogens is 9. The van der Waals surface area contributed by atoms with Crippen molar-refractivity contribution in [3.8, 4) is 0 Å². The van der Waals surface area contributed by atoms with Gasteiger partial charge in [-0.05, 0) is 6.42 Å². The Morgan fingerprint density at radius 3 is 1.61 bits per heavy atom. The second kappa shape index (κ2) is 4.17. The van der Waals surface area contributed by atoms with Crippen LogP contribution in [0.5, 0.6) is 0 Å². The number of rotatable bonds is 5. The fourth-order valence-electron chi connectivity index (χ4n) is 1.14. The number of alkyl halides is 9. The van der Waals surface area contributed by atoms with Crippen LogP contribution in [0.25, 0.3) is 0 Å². The molecule has 0 amide bonds. The summed E-state index contributed by atoms with van der Waals surface area (Å²) >= 11 is 0. The minimum Gasteiger partial charge on any atom is -0.373 e. The second-order valence-electron chi connectivity index (χ2n) is 3.85. The van der Waals surface area contributed by atoms with E-state index in [1.165, 1.54) is 0 Å². The number of ether oxygens (including phenoxy) is 1. The average molecular weight is 290 g/mol. The maximum atomic E-state index is 12.8. The first-order chi connectivity index (χ1) is 7.83. The monoisotopic (exact) mass is 290 g/mol. The summed E-state index contributed by atoms with van der Waals surface area (Å²) in [5.41, 5.74) is 0. The van der Waals surface area contributed by atoms with Crippen LogP contribution >= 0.6 is 0 Å². The Morgan fingerprint density at radius 1 is 0.833 bits per heavy atom. The van der Waals surface area contributed by atoms with Crippen LogP contribution in [0, 0.1) is 0 Å². The second-order valence-corrected chi connectivity index (χ2v) is 3.85. The van der Waals surface area contributed by atoms with Gasteiger partial charge in [0, 0.05) is 6.42 Å². The Balaban J connectivity index is 2.87. The maximum absolute atomic E-state index is 12.8. The molecule has 0 aromatic rings. The molecule has 0 saturated carbocycles. The minimum absolute atomic E-state index is 0.00266. The third-order valence-electron chi connectivity index (χ3n) is 2.39. The third kappa shape index (κ3) is 2.52. The molecule has 0 aliphatic carbocycles. The molecule has 1 rings (SSSR count). The zero-order valence-electron chi connectivity index (χ0n) is 8.51. The molecule has 1 unspecified atom stereocenters. The van der Waals surface area contributed by atoms with Crippen molar-refractivity contribution >= 4 is 0 Å². The lowest BCUT2D eigenvalue weighted by molar-refractivity contribution is -0.396. The molecule has 0 N–H and O–H groups in total. The van der Waals surface area contributed by atoms with E-state index in [1.54, 1.807) is 0 Å². The molecule has 1 saturated heterocycles. The van der Waals surface area contributed by atoms with E-state index in [4.69, 9.17) is 0 Å². The molecule has 1 heterocycles. The summed E-state index contributed by atoms with van der Waals surface area (Å²) in [6.45, 7) is -0.00266. The molecule has 0 bridgehead atoms. The standard InChI is InChI=1S/C8H7F9O/c9-5(10,2-1-4-3-18-4)6(11,12)7(13,14)8(15,16)17/h4H,1-3H2. The predicted octanol–water partition coefficient (Wildman–Crippen LogP) is 3.63. The van der Waals surface area contributed by atoms with Crippen LogP contribution in [0.15, 0.2) is 0 Å². The highest BCUT2D eigenvalue weighted by atomic mass is 19.4.